The van der Waals surface area contributed by atoms with E-state index in [1.807, 2.05) is 6.92 Å². The smallest absolute Gasteiger partial charge is 0.254 e. The minimum absolute atomic E-state index is 0.201. The lowest BCUT2D eigenvalue weighted by Gasteiger charge is -2.40. The van der Waals surface area contributed by atoms with Crippen LogP contribution in [0.1, 0.15) is 54.9 Å². The standard InChI is InChI=1S/C28H33F3N2O3/c1-19(13-20-8-10-22(30)15-25(20)31)16-32(17-24-7-4-12-33(24)23-5-3-6-23)28(34)21-9-11-26(36-18-29)27(14-21)35-2/h8-11,13-15,23-24H,3-7,12,16-18H2,1-2H3/b19-13+/t24-/m0/s1. The molecule has 8 heteroatoms. The summed E-state index contributed by atoms with van der Waals surface area (Å²) in [7, 11) is 1.44. The van der Waals surface area contributed by atoms with Gasteiger partial charge in [0.2, 0.25) is 6.86 Å². The molecule has 36 heavy (non-hydrogen) atoms. The Morgan fingerprint density at radius 2 is 1.92 bits per heavy atom. The summed E-state index contributed by atoms with van der Waals surface area (Å²) in [5.74, 6) is -0.986. The molecular weight excluding hydrogens is 469 g/mol. The summed E-state index contributed by atoms with van der Waals surface area (Å²) in [6, 6.07) is 8.97. The topological polar surface area (TPSA) is 42.0 Å². The number of rotatable bonds is 10. The molecule has 0 N–H and O–H groups in total. The van der Waals surface area contributed by atoms with Gasteiger partial charge in [-0.3, -0.25) is 9.69 Å². The van der Waals surface area contributed by atoms with Crippen LogP contribution in [-0.2, 0) is 0 Å². The second-order valence-electron chi connectivity index (χ2n) is 9.58. The Hall–Kier alpha value is -3.00. The molecule has 0 aromatic heterocycles. The third-order valence-electron chi connectivity index (χ3n) is 7.11. The zero-order valence-corrected chi connectivity index (χ0v) is 20.8. The maximum absolute atomic E-state index is 14.2. The molecule has 1 heterocycles. The van der Waals surface area contributed by atoms with E-state index < -0.39 is 18.5 Å². The van der Waals surface area contributed by atoms with Crippen LogP contribution in [-0.4, -0.2) is 61.4 Å². The molecule has 1 aliphatic heterocycles. The summed E-state index contributed by atoms with van der Waals surface area (Å²) in [5, 5.41) is 0. The van der Waals surface area contributed by atoms with Gasteiger partial charge in [-0.25, -0.2) is 13.2 Å². The van der Waals surface area contributed by atoms with Crippen LogP contribution < -0.4 is 9.47 Å². The van der Waals surface area contributed by atoms with Gasteiger partial charge in [0.05, 0.1) is 7.11 Å². The minimum Gasteiger partial charge on any atom is -0.493 e. The molecule has 2 aliphatic rings. The number of halogens is 3. The molecule has 2 aromatic carbocycles. The molecule has 4 rings (SSSR count). The van der Waals surface area contributed by atoms with Crippen molar-refractivity contribution in [1.29, 1.82) is 0 Å². The lowest BCUT2D eigenvalue weighted by molar-refractivity contribution is 0.0630. The Kier molecular flexibility index (Phi) is 8.56. The SMILES string of the molecule is COc1cc(C(=O)N(C/C(C)=C/c2ccc(F)cc2F)C[C@@H]2CCCN2C2CCC2)ccc1OCF. The second kappa shape index (κ2) is 11.8. The lowest BCUT2D eigenvalue weighted by atomic mass is 9.91. The summed E-state index contributed by atoms with van der Waals surface area (Å²) in [6.07, 6.45) is 7.39. The number of nitrogens with zero attached hydrogens (tertiary/aromatic N) is 2. The Labute approximate surface area is 210 Å². The summed E-state index contributed by atoms with van der Waals surface area (Å²) in [4.78, 5) is 18.0. The number of likely N-dealkylation sites (tertiary alicyclic amines) is 1. The number of hydrogen-bond donors (Lipinski definition) is 0. The van der Waals surface area contributed by atoms with E-state index in [1.165, 1.54) is 44.6 Å². The van der Waals surface area contributed by atoms with Crippen LogP contribution in [0.3, 0.4) is 0 Å². The van der Waals surface area contributed by atoms with Crippen LogP contribution in [0.5, 0.6) is 11.5 Å². The quantitative estimate of drug-likeness (QED) is 0.409. The van der Waals surface area contributed by atoms with Gasteiger partial charge in [-0.2, -0.15) is 0 Å². The first-order valence-electron chi connectivity index (χ1n) is 12.4. The number of methoxy groups -OCH3 is 1. The molecule has 1 saturated carbocycles. The van der Waals surface area contributed by atoms with Gasteiger partial charge in [-0.1, -0.05) is 18.1 Å². The van der Waals surface area contributed by atoms with E-state index in [-0.39, 0.29) is 35.6 Å². The van der Waals surface area contributed by atoms with E-state index in [1.54, 1.807) is 23.1 Å². The number of benzene rings is 2. The van der Waals surface area contributed by atoms with Gasteiger partial charge >= 0.3 is 0 Å². The predicted molar refractivity (Wildman–Crippen MR) is 133 cm³/mol. The molecule has 2 aromatic rings. The molecule has 0 unspecified atom stereocenters. The Morgan fingerprint density at radius 1 is 1.11 bits per heavy atom. The first kappa shape index (κ1) is 26.1. The van der Waals surface area contributed by atoms with Crippen LogP contribution in [0.25, 0.3) is 6.08 Å². The Balaban J connectivity index is 1.59. The molecule has 0 bridgehead atoms. The van der Waals surface area contributed by atoms with Crippen molar-refractivity contribution in [3.8, 4) is 11.5 Å². The van der Waals surface area contributed by atoms with E-state index >= 15 is 0 Å². The fourth-order valence-electron chi connectivity index (χ4n) is 5.12. The zero-order valence-electron chi connectivity index (χ0n) is 20.8. The van der Waals surface area contributed by atoms with Crippen molar-refractivity contribution >= 4 is 12.0 Å². The number of carbonyl (C=O) groups is 1. The number of hydrogen-bond acceptors (Lipinski definition) is 4. The number of alkyl halides is 1. The predicted octanol–water partition coefficient (Wildman–Crippen LogP) is 5.84. The monoisotopic (exact) mass is 502 g/mol. The van der Waals surface area contributed by atoms with E-state index in [2.05, 4.69) is 4.90 Å². The Morgan fingerprint density at radius 3 is 2.58 bits per heavy atom. The minimum atomic E-state index is -1.00. The molecule has 0 radical (unpaired) electrons. The van der Waals surface area contributed by atoms with E-state index in [9.17, 15) is 18.0 Å². The number of amides is 1. The number of ether oxygens (including phenoxy) is 2. The van der Waals surface area contributed by atoms with Crippen LogP contribution in [0.15, 0.2) is 42.0 Å². The second-order valence-corrected chi connectivity index (χ2v) is 9.58. The highest BCUT2D eigenvalue weighted by atomic mass is 19.1. The largest absolute Gasteiger partial charge is 0.493 e. The maximum atomic E-state index is 14.2. The molecule has 2 fully saturated rings. The molecule has 1 saturated heterocycles. The Bertz CT molecular complexity index is 1100. The summed E-state index contributed by atoms with van der Waals surface area (Å²) >= 11 is 0. The van der Waals surface area contributed by atoms with E-state index in [4.69, 9.17) is 9.47 Å². The highest BCUT2D eigenvalue weighted by Crippen LogP contribution is 2.33. The normalized spacial score (nSPS) is 18.7. The average Bonchev–Trinajstić information content (AvgIpc) is 3.26. The van der Waals surface area contributed by atoms with Crippen molar-refractivity contribution in [1.82, 2.24) is 9.80 Å². The molecule has 194 valence electrons. The highest BCUT2D eigenvalue weighted by Gasteiger charge is 2.35. The van der Waals surface area contributed by atoms with Gasteiger partial charge in [-0.05, 0) is 69.5 Å². The van der Waals surface area contributed by atoms with Crippen molar-refractivity contribution < 1.29 is 27.4 Å². The molecule has 1 aliphatic carbocycles. The first-order valence-corrected chi connectivity index (χ1v) is 12.4. The van der Waals surface area contributed by atoms with Crippen molar-refractivity contribution in [3.63, 3.8) is 0 Å². The van der Waals surface area contributed by atoms with Gasteiger partial charge in [0.15, 0.2) is 11.5 Å². The van der Waals surface area contributed by atoms with E-state index in [0.717, 1.165) is 31.0 Å². The highest BCUT2D eigenvalue weighted by molar-refractivity contribution is 5.95. The summed E-state index contributed by atoms with van der Waals surface area (Å²) in [6.45, 7) is 2.70. The fraction of sp³-hybridized carbons (Fsp3) is 0.464. The third-order valence-corrected chi connectivity index (χ3v) is 7.11. The van der Waals surface area contributed by atoms with Crippen molar-refractivity contribution in [2.24, 2.45) is 0 Å². The van der Waals surface area contributed by atoms with Gasteiger partial charge in [-0.15, -0.1) is 0 Å². The summed E-state index contributed by atoms with van der Waals surface area (Å²) < 4.78 is 50.5. The van der Waals surface area contributed by atoms with Gasteiger partial charge in [0, 0.05) is 42.4 Å². The third kappa shape index (κ3) is 6.03. The lowest BCUT2D eigenvalue weighted by Crippen LogP contribution is -2.49. The first-order chi connectivity index (χ1) is 17.4. The van der Waals surface area contributed by atoms with Crippen LogP contribution >= 0.6 is 0 Å². The van der Waals surface area contributed by atoms with Crippen LogP contribution in [0.4, 0.5) is 13.2 Å². The summed E-state index contributed by atoms with van der Waals surface area (Å²) in [5.41, 5.74) is 1.44. The van der Waals surface area contributed by atoms with Crippen LogP contribution in [0, 0.1) is 11.6 Å². The van der Waals surface area contributed by atoms with Gasteiger partial charge in [0.1, 0.15) is 11.6 Å². The van der Waals surface area contributed by atoms with Crippen molar-refractivity contribution in [2.45, 2.75) is 51.1 Å². The number of carbonyl (C=O) groups excluding carboxylic acids is 1. The van der Waals surface area contributed by atoms with Crippen LogP contribution in [0.2, 0.25) is 0 Å². The van der Waals surface area contributed by atoms with Gasteiger partial charge in [0.25, 0.3) is 5.91 Å². The molecule has 0 spiro atoms. The van der Waals surface area contributed by atoms with Crippen molar-refractivity contribution in [2.75, 3.05) is 33.6 Å². The van der Waals surface area contributed by atoms with E-state index in [0.29, 0.717) is 18.2 Å². The average molecular weight is 503 g/mol. The molecule has 1 amide bonds. The molecule has 5 nitrogen and oxygen atoms in total. The zero-order chi connectivity index (χ0) is 25.7. The van der Waals surface area contributed by atoms with Gasteiger partial charge < -0.3 is 14.4 Å². The fourth-order valence-corrected chi connectivity index (χ4v) is 5.12. The maximum Gasteiger partial charge on any atom is 0.254 e. The molecular formula is C28H33F3N2O3. The molecule has 1 atom stereocenters. The van der Waals surface area contributed by atoms with Crippen molar-refractivity contribution in [3.05, 3.63) is 64.7 Å².